The summed E-state index contributed by atoms with van der Waals surface area (Å²) >= 11 is 0. The zero-order valence-corrected chi connectivity index (χ0v) is 19.0. The normalized spacial score (nSPS) is 13.2. The lowest BCUT2D eigenvalue weighted by Gasteiger charge is -2.15. The average Bonchev–Trinajstić information content (AvgIpc) is 2.77. The topological polar surface area (TPSA) is 104 Å². The summed E-state index contributed by atoms with van der Waals surface area (Å²) in [7, 11) is 1.65. The predicted molar refractivity (Wildman–Crippen MR) is 119 cm³/mol. The van der Waals surface area contributed by atoms with Crippen molar-refractivity contribution in [3.05, 3.63) is 60.0 Å². The van der Waals surface area contributed by atoms with Gasteiger partial charge in [0.1, 0.15) is 23.4 Å². The van der Waals surface area contributed by atoms with Crippen LogP contribution in [0.3, 0.4) is 0 Å². The highest BCUT2D eigenvalue weighted by molar-refractivity contribution is 5.25. The number of hydrogen-bond acceptors (Lipinski definition) is 7. The average molecular weight is 423 g/mol. The first kappa shape index (κ1) is 22.5. The van der Waals surface area contributed by atoms with Crippen molar-refractivity contribution in [2.24, 2.45) is 0 Å². The first-order valence-corrected chi connectivity index (χ1v) is 10.7. The molecule has 2 atom stereocenters. The van der Waals surface area contributed by atoms with Crippen LogP contribution in [0.15, 0.2) is 37.2 Å². The molecule has 0 saturated heterocycles. The molecule has 0 saturated carbocycles. The van der Waals surface area contributed by atoms with Crippen LogP contribution in [0.5, 0.6) is 5.88 Å². The molecule has 0 bridgehead atoms. The molecule has 3 aromatic rings. The minimum Gasteiger partial charge on any atom is -0.447 e. The summed E-state index contributed by atoms with van der Waals surface area (Å²) in [5.41, 5.74) is 9.59. The first-order valence-electron chi connectivity index (χ1n) is 10.7. The van der Waals surface area contributed by atoms with Gasteiger partial charge in [-0.05, 0) is 18.8 Å². The summed E-state index contributed by atoms with van der Waals surface area (Å²) in [6.45, 7) is 9.15. The number of aromatic nitrogens is 6. The van der Waals surface area contributed by atoms with Gasteiger partial charge >= 0.3 is 5.88 Å². The Morgan fingerprint density at radius 3 is 2.23 bits per heavy atom. The molecule has 31 heavy (non-hydrogen) atoms. The van der Waals surface area contributed by atoms with Crippen LogP contribution in [0, 0.1) is 0 Å². The number of nitrogen functional groups attached to an aromatic ring is 1. The molecule has 0 radical (unpaired) electrons. The van der Waals surface area contributed by atoms with Gasteiger partial charge in [0.2, 0.25) is 0 Å². The molecule has 3 rings (SSSR count). The Kier molecular flexibility index (Phi) is 7.44. The molecule has 8 nitrogen and oxygen atoms in total. The van der Waals surface area contributed by atoms with E-state index < -0.39 is 0 Å². The van der Waals surface area contributed by atoms with Gasteiger partial charge in [-0.3, -0.25) is 9.97 Å². The zero-order chi connectivity index (χ0) is 22.4. The minimum atomic E-state index is 0.276. The van der Waals surface area contributed by atoms with Crippen molar-refractivity contribution < 1.29 is 9.30 Å². The van der Waals surface area contributed by atoms with Crippen LogP contribution in [0.25, 0.3) is 0 Å². The van der Waals surface area contributed by atoms with Gasteiger partial charge in [-0.15, -0.1) is 0 Å². The second-order valence-electron chi connectivity index (χ2n) is 8.32. The van der Waals surface area contributed by atoms with E-state index in [1.807, 2.05) is 10.8 Å². The second kappa shape index (κ2) is 10.2. The highest BCUT2D eigenvalue weighted by Crippen LogP contribution is 2.26. The Morgan fingerprint density at radius 1 is 0.871 bits per heavy atom. The molecule has 0 aliphatic carbocycles. The minimum absolute atomic E-state index is 0.276. The Bertz CT molecular complexity index is 1010. The molecule has 0 amide bonds. The van der Waals surface area contributed by atoms with E-state index >= 15 is 0 Å². The predicted octanol–water partition coefficient (Wildman–Crippen LogP) is 3.40. The number of anilines is 1. The van der Waals surface area contributed by atoms with Gasteiger partial charge in [0.05, 0.1) is 30.9 Å². The summed E-state index contributed by atoms with van der Waals surface area (Å²) in [5, 5.41) is 0. The summed E-state index contributed by atoms with van der Waals surface area (Å²) in [6, 6.07) is 0. The molecule has 2 unspecified atom stereocenters. The van der Waals surface area contributed by atoms with Crippen LogP contribution in [0.1, 0.15) is 81.1 Å². The van der Waals surface area contributed by atoms with E-state index in [4.69, 9.17) is 15.5 Å². The Morgan fingerprint density at radius 2 is 1.55 bits per heavy atom. The quantitative estimate of drug-likeness (QED) is 0.527. The second-order valence-corrected chi connectivity index (χ2v) is 8.32. The van der Waals surface area contributed by atoms with Crippen molar-refractivity contribution >= 4 is 5.82 Å². The van der Waals surface area contributed by atoms with Gasteiger partial charge in [0.15, 0.2) is 12.7 Å². The third-order valence-electron chi connectivity index (χ3n) is 5.45. The number of ether oxygens (including phenoxy) is 1. The van der Waals surface area contributed by atoms with Crippen LogP contribution in [-0.2, 0) is 6.54 Å². The molecule has 0 aliphatic rings. The monoisotopic (exact) mass is 422 g/mol. The zero-order valence-electron chi connectivity index (χ0n) is 19.0. The highest BCUT2D eigenvalue weighted by Gasteiger charge is 2.20. The van der Waals surface area contributed by atoms with Crippen molar-refractivity contribution in [1.82, 2.24) is 24.9 Å². The van der Waals surface area contributed by atoms with Crippen LogP contribution >= 0.6 is 0 Å². The van der Waals surface area contributed by atoms with Crippen LogP contribution in [-0.4, -0.2) is 32.0 Å². The fraction of sp³-hybridized carbons (Fsp3) is 0.478. The first-order chi connectivity index (χ1) is 14.9. The van der Waals surface area contributed by atoms with Crippen molar-refractivity contribution in [2.75, 3.05) is 12.8 Å². The summed E-state index contributed by atoms with van der Waals surface area (Å²) in [5.74, 6) is 2.04. The fourth-order valence-electron chi connectivity index (χ4n) is 3.39. The lowest BCUT2D eigenvalue weighted by atomic mass is 9.94. The fourth-order valence-corrected chi connectivity index (χ4v) is 3.39. The SMILES string of the molecule is COc1cnc(C(C)CCC(C)c2cncc(N)n2)c[n+]1Cc1cncc(C(C)C)n1. The number of hydrogen-bond donors (Lipinski definition) is 1. The van der Waals surface area contributed by atoms with Crippen molar-refractivity contribution in [2.45, 2.75) is 64.8 Å². The highest BCUT2D eigenvalue weighted by atomic mass is 16.5. The van der Waals surface area contributed by atoms with Gasteiger partial charge in [-0.1, -0.05) is 27.7 Å². The van der Waals surface area contributed by atoms with Crippen molar-refractivity contribution in [3.63, 3.8) is 0 Å². The van der Waals surface area contributed by atoms with Crippen LogP contribution in [0.2, 0.25) is 0 Å². The maximum atomic E-state index is 5.77. The van der Waals surface area contributed by atoms with Gasteiger partial charge in [-0.25, -0.2) is 15.0 Å². The number of nitrogens with two attached hydrogens (primary N) is 1. The van der Waals surface area contributed by atoms with E-state index in [9.17, 15) is 0 Å². The maximum absolute atomic E-state index is 5.77. The van der Waals surface area contributed by atoms with E-state index in [0.29, 0.717) is 24.2 Å². The van der Waals surface area contributed by atoms with Gasteiger partial charge in [0, 0.05) is 24.2 Å². The summed E-state index contributed by atoms with van der Waals surface area (Å²) in [6.07, 6.45) is 12.8. The standard InChI is InChI=1S/C23H32N7O/c1-15(2)19-9-25-8-18(28-19)13-30-14-21(27-12-23(30)31-5)17(4)7-6-16(3)20-10-26-11-22(24)29-20/h8-12,14-17H,6-7,13H2,1-5H3,(H2,24,29)/q+1. The lowest BCUT2D eigenvalue weighted by Crippen LogP contribution is -2.37. The molecule has 8 heteroatoms. The van der Waals surface area contributed by atoms with E-state index in [2.05, 4.69) is 53.8 Å². The molecule has 2 N–H and O–H groups in total. The number of nitrogens with zero attached hydrogens (tertiary/aromatic N) is 6. The van der Waals surface area contributed by atoms with E-state index in [-0.39, 0.29) is 11.8 Å². The van der Waals surface area contributed by atoms with Crippen molar-refractivity contribution in [3.8, 4) is 5.88 Å². The largest absolute Gasteiger partial charge is 0.447 e. The van der Waals surface area contributed by atoms with Gasteiger partial charge in [0.25, 0.3) is 0 Å². The third-order valence-corrected chi connectivity index (χ3v) is 5.45. The molecule has 164 valence electrons. The Balaban J connectivity index is 1.72. The molecule has 0 spiro atoms. The Hall–Kier alpha value is -3.16. The smallest absolute Gasteiger partial charge is 0.386 e. The van der Waals surface area contributed by atoms with E-state index in [1.165, 1.54) is 0 Å². The van der Waals surface area contributed by atoms with E-state index in [0.717, 1.165) is 35.6 Å². The van der Waals surface area contributed by atoms with Crippen molar-refractivity contribution in [1.29, 1.82) is 0 Å². The molecule has 0 aliphatic heterocycles. The Labute approximate surface area is 184 Å². The van der Waals surface area contributed by atoms with Gasteiger partial charge in [-0.2, -0.15) is 4.57 Å². The lowest BCUT2D eigenvalue weighted by molar-refractivity contribution is -0.694. The maximum Gasteiger partial charge on any atom is 0.386 e. The summed E-state index contributed by atoms with van der Waals surface area (Å²) < 4.78 is 7.56. The molecule has 0 aromatic carbocycles. The number of methoxy groups -OCH3 is 1. The molecular formula is C23H32N7O+. The molecular weight excluding hydrogens is 390 g/mol. The van der Waals surface area contributed by atoms with Crippen LogP contribution < -0.4 is 15.0 Å². The third kappa shape index (κ3) is 5.93. The van der Waals surface area contributed by atoms with Gasteiger partial charge < -0.3 is 10.5 Å². The van der Waals surface area contributed by atoms with Crippen LogP contribution in [0.4, 0.5) is 5.82 Å². The molecule has 3 aromatic heterocycles. The molecule has 0 fully saturated rings. The summed E-state index contributed by atoms with van der Waals surface area (Å²) in [4.78, 5) is 22.3. The number of rotatable bonds is 9. The molecule has 3 heterocycles. The van der Waals surface area contributed by atoms with E-state index in [1.54, 1.807) is 31.9 Å².